The first kappa shape index (κ1) is 32.0. The minimum Gasteiger partial charge on any atom is -0.481 e. The lowest BCUT2D eigenvalue weighted by Crippen LogP contribution is -2.58. The number of carboxylic acids is 3. The molecule has 0 spiro atoms. The molecule has 3 amide bonds. The summed E-state index contributed by atoms with van der Waals surface area (Å²) in [6.45, 7) is 3.28. The number of carbonyl (C=O) groups excluding carboxylic acids is 3. The van der Waals surface area contributed by atoms with Crippen LogP contribution in [0.1, 0.15) is 46.0 Å². The molecule has 0 aromatic heterocycles. The topological polar surface area (TPSA) is 290 Å². The summed E-state index contributed by atoms with van der Waals surface area (Å²) >= 11 is 0. The van der Waals surface area contributed by atoms with Gasteiger partial charge in [0.05, 0.1) is 12.5 Å². The standard InChI is InChI=1S/C20H35N7O9/c1-9(2)15(18(34)25-11(19(35)36)5-6-13(28)29)27-17(33)12(8-14(30)31)26-16(32)10(21)4-3-7-24-20(22)23/h9-12,15H,3-8,21H2,1-2H3,(H,25,34)(H,26,32)(H,27,33)(H,28,29)(H,30,31)(H,35,36)(H4,22,23,24). The van der Waals surface area contributed by atoms with Crippen LogP contribution >= 0.6 is 0 Å². The minimum atomic E-state index is -1.59. The van der Waals surface area contributed by atoms with Crippen LogP contribution in [0.25, 0.3) is 0 Å². The fraction of sp³-hybridized carbons (Fsp3) is 0.650. The number of hydrogen-bond acceptors (Lipinski definition) is 8. The van der Waals surface area contributed by atoms with Crippen LogP contribution in [0, 0.1) is 5.92 Å². The van der Waals surface area contributed by atoms with Crippen molar-refractivity contribution in [1.82, 2.24) is 16.0 Å². The largest absolute Gasteiger partial charge is 0.481 e. The molecule has 4 atom stereocenters. The number of carbonyl (C=O) groups is 6. The second-order valence-electron chi connectivity index (χ2n) is 8.28. The van der Waals surface area contributed by atoms with E-state index in [1.807, 2.05) is 0 Å². The van der Waals surface area contributed by atoms with Gasteiger partial charge in [-0.2, -0.15) is 0 Å². The quantitative estimate of drug-likeness (QED) is 0.0526. The van der Waals surface area contributed by atoms with Crippen molar-refractivity contribution in [3.63, 3.8) is 0 Å². The molecule has 16 nitrogen and oxygen atoms in total. The maximum absolute atomic E-state index is 12.8. The molecule has 4 unspecified atom stereocenters. The Bertz CT molecular complexity index is 843. The molecule has 204 valence electrons. The Labute approximate surface area is 207 Å². The Morgan fingerprint density at radius 1 is 0.806 bits per heavy atom. The van der Waals surface area contributed by atoms with Crippen LogP contribution in [-0.4, -0.2) is 87.6 Å². The number of carboxylic acid groups (broad SMARTS) is 3. The summed E-state index contributed by atoms with van der Waals surface area (Å²) in [4.78, 5) is 74.9. The molecule has 0 fully saturated rings. The molecule has 0 radical (unpaired) electrons. The van der Waals surface area contributed by atoms with Crippen molar-refractivity contribution in [1.29, 1.82) is 0 Å². The lowest BCUT2D eigenvalue weighted by atomic mass is 10.0. The molecule has 36 heavy (non-hydrogen) atoms. The van der Waals surface area contributed by atoms with Crippen LogP contribution in [0.4, 0.5) is 0 Å². The number of guanidine groups is 1. The smallest absolute Gasteiger partial charge is 0.326 e. The third-order valence-electron chi connectivity index (χ3n) is 4.82. The van der Waals surface area contributed by atoms with E-state index < -0.39 is 85.0 Å². The van der Waals surface area contributed by atoms with Crippen molar-refractivity contribution in [2.75, 3.05) is 6.54 Å². The molecule has 0 aromatic carbocycles. The summed E-state index contributed by atoms with van der Waals surface area (Å²) in [7, 11) is 0. The Balaban J connectivity index is 5.35. The number of rotatable bonds is 17. The van der Waals surface area contributed by atoms with E-state index in [1.54, 1.807) is 0 Å². The van der Waals surface area contributed by atoms with Crippen LogP contribution in [0.5, 0.6) is 0 Å². The van der Waals surface area contributed by atoms with E-state index in [1.165, 1.54) is 13.8 Å². The molecule has 12 N–H and O–H groups in total. The second kappa shape index (κ2) is 15.9. The van der Waals surface area contributed by atoms with Gasteiger partial charge in [-0.25, -0.2) is 4.79 Å². The van der Waals surface area contributed by atoms with Gasteiger partial charge < -0.3 is 48.5 Å². The zero-order chi connectivity index (χ0) is 28.0. The molecule has 0 aliphatic rings. The molecule has 0 saturated heterocycles. The summed E-state index contributed by atoms with van der Waals surface area (Å²) in [6.07, 6.45) is -1.26. The summed E-state index contributed by atoms with van der Waals surface area (Å²) in [5.74, 6) is -7.60. The van der Waals surface area contributed by atoms with Gasteiger partial charge >= 0.3 is 17.9 Å². The fourth-order valence-electron chi connectivity index (χ4n) is 2.89. The molecule has 0 saturated carbocycles. The van der Waals surface area contributed by atoms with E-state index >= 15 is 0 Å². The highest BCUT2D eigenvalue weighted by Gasteiger charge is 2.32. The molecule has 0 aromatic rings. The first-order chi connectivity index (χ1) is 16.6. The van der Waals surface area contributed by atoms with E-state index in [-0.39, 0.29) is 18.9 Å². The SMILES string of the molecule is CC(C)C(NC(=O)C(CC(=O)O)NC(=O)C(N)CCCN=C(N)N)C(=O)NC(CCC(=O)O)C(=O)O. The molecule has 0 bridgehead atoms. The fourth-order valence-corrected chi connectivity index (χ4v) is 2.89. The van der Waals surface area contributed by atoms with Crippen molar-refractivity contribution in [3.8, 4) is 0 Å². The molecule has 0 aliphatic heterocycles. The Kier molecular flexibility index (Phi) is 14.1. The van der Waals surface area contributed by atoms with E-state index in [2.05, 4.69) is 20.9 Å². The highest BCUT2D eigenvalue weighted by Crippen LogP contribution is 2.07. The van der Waals surface area contributed by atoms with Crippen molar-refractivity contribution in [3.05, 3.63) is 0 Å². The molecule has 16 heteroatoms. The van der Waals surface area contributed by atoms with E-state index in [4.69, 9.17) is 27.4 Å². The monoisotopic (exact) mass is 517 g/mol. The van der Waals surface area contributed by atoms with Gasteiger partial charge in [-0.15, -0.1) is 0 Å². The predicted octanol–water partition coefficient (Wildman–Crippen LogP) is -3.10. The highest BCUT2D eigenvalue weighted by molar-refractivity contribution is 5.95. The van der Waals surface area contributed by atoms with Gasteiger partial charge in [-0.1, -0.05) is 13.8 Å². The minimum absolute atomic E-state index is 0.133. The average Bonchev–Trinajstić information content (AvgIpc) is 2.75. The van der Waals surface area contributed by atoms with Gasteiger partial charge in [-0.05, 0) is 25.2 Å². The first-order valence-electron chi connectivity index (χ1n) is 11.0. The number of nitrogens with zero attached hydrogens (tertiary/aromatic N) is 1. The van der Waals surface area contributed by atoms with E-state index in [0.717, 1.165) is 0 Å². The summed E-state index contributed by atoms with van der Waals surface area (Å²) < 4.78 is 0. The lowest BCUT2D eigenvalue weighted by Gasteiger charge is -2.26. The normalized spacial score (nSPS) is 14.0. The van der Waals surface area contributed by atoms with E-state index in [0.29, 0.717) is 6.42 Å². The average molecular weight is 518 g/mol. The Morgan fingerprint density at radius 2 is 1.39 bits per heavy atom. The molecular weight excluding hydrogens is 482 g/mol. The predicted molar refractivity (Wildman–Crippen MR) is 125 cm³/mol. The van der Waals surface area contributed by atoms with Gasteiger partial charge in [0.2, 0.25) is 17.7 Å². The number of aliphatic carboxylic acids is 3. The number of hydrogen-bond donors (Lipinski definition) is 9. The molecule has 0 rings (SSSR count). The van der Waals surface area contributed by atoms with Gasteiger partial charge in [0, 0.05) is 13.0 Å². The van der Waals surface area contributed by atoms with Crippen LogP contribution in [0.3, 0.4) is 0 Å². The van der Waals surface area contributed by atoms with Crippen molar-refractivity contribution < 1.29 is 44.1 Å². The third kappa shape index (κ3) is 13.1. The van der Waals surface area contributed by atoms with Crippen LogP contribution in [-0.2, 0) is 28.8 Å². The second-order valence-corrected chi connectivity index (χ2v) is 8.28. The summed E-state index contributed by atoms with van der Waals surface area (Å²) in [5.41, 5.74) is 16.2. The summed E-state index contributed by atoms with van der Waals surface area (Å²) in [6, 6.07) is -5.53. The number of aliphatic imine (C=N–C) groups is 1. The van der Waals surface area contributed by atoms with E-state index in [9.17, 15) is 33.9 Å². The van der Waals surface area contributed by atoms with Gasteiger partial charge in [0.1, 0.15) is 18.1 Å². The summed E-state index contributed by atoms with van der Waals surface area (Å²) in [5, 5.41) is 33.9. The van der Waals surface area contributed by atoms with Gasteiger partial charge in [0.25, 0.3) is 0 Å². The van der Waals surface area contributed by atoms with Gasteiger partial charge in [0.15, 0.2) is 5.96 Å². The Morgan fingerprint density at radius 3 is 1.86 bits per heavy atom. The van der Waals surface area contributed by atoms with Crippen LogP contribution < -0.4 is 33.2 Å². The zero-order valence-electron chi connectivity index (χ0n) is 20.1. The maximum Gasteiger partial charge on any atom is 0.326 e. The van der Waals surface area contributed by atoms with Crippen LogP contribution in [0.2, 0.25) is 0 Å². The van der Waals surface area contributed by atoms with Crippen LogP contribution in [0.15, 0.2) is 4.99 Å². The van der Waals surface area contributed by atoms with Gasteiger partial charge in [-0.3, -0.25) is 29.0 Å². The number of nitrogens with two attached hydrogens (primary N) is 3. The molecule has 0 heterocycles. The van der Waals surface area contributed by atoms with Crippen molar-refractivity contribution in [2.24, 2.45) is 28.1 Å². The third-order valence-corrected chi connectivity index (χ3v) is 4.82. The zero-order valence-corrected chi connectivity index (χ0v) is 20.1. The van der Waals surface area contributed by atoms with Crippen molar-refractivity contribution in [2.45, 2.75) is 70.1 Å². The van der Waals surface area contributed by atoms with Crippen molar-refractivity contribution >= 4 is 41.6 Å². The molecular formula is C20H35N7O9. The first-order valence-corrected chi connectivity index (χ1v) is 11.0. The molecule has 0 aliphatic carbocycles. The lowest BCUT2D eigenvalue weighted by molar-refractivity contribution is -0.144. The highest BCUT2D eigenvalue weighted by atomic mass is 16.4. The maximum atomic E-state index is 12.8. The number of nitrogens with one attached hydrogen (secondary N) is 3. The number of amides is 3. The Hall–Kier alpha value is -3.95.